The second kappa shape index (κ2) is 8.48. The van der Waals surface area contributed by atoms with Crippen molar-refractivity contribution in [1.82, 2.24) is 4.98 Å². The third-order valence-electron chi connectivity index (χ3n) is 3.99. The number of aliphatic hydroxyl groups is 3. The van der Waals surface area contributed by atoms with Gasteiger partial charge in [-0.2, -0.15) is 0 Å². The Morgan fingerprint density at radius 3 is 2.36 bits per heavy atom. The molecule has 0 fully saturated rings. The SMILES string of the molecule is CCCNc1[nH]c(C(=O)O)c(Br)c1-c1ccc(CO)c(CO)c1CO. The van der Waals surface area contributed by atoms with Crippen molar-refractivity contribution >= 4 is 27.7 Å². The molecule has 0 unspecified atom stereocenters. The van der Waals surface area contributed by atoms with Gasteiger partial charge < -0.3 is 30.7 Å². The van der Waals surface area contributed by atoms with Gasteiger partial charge in [0.15, 0.2) is 0 Å². The zero-order valence-electron chi connectivity index (χ0n) is 13.8. The normalized spacial score (nSPS) is 10.9. The number of nitrogens with one attached hydrogen (secondary N) is 2. The van der Waals surface area contributed by atoms with Gasteiger partial charge in [-0.25, -0.2) is 4.79 Å². The van der Waals surface area contributed by atoms with E-state index in [1.807, 2.05) is 6.92 Å². The summed E-state index contributed by atoms with van der Waals surface area (Å²) in [4.78, 5) is 14.3. The second-order valence-corrected chi connectivity index (χ2v) is 6.29. The van der Waals surface area contributed by atoms with Gasteiger partial charge in [-0.15, -0.1) is 0 Å². The van der Waals surface area contributed by atoms with Crippen LogP contribution in [0.4, 0.5) is 5.82 Å². The van der Waals surface area contributed by atoms with Crippen molar-refractivity contribution in [3.8, 4) is 11.1 Å². The number of rotatable bonds is 8. The summed E-state index contributed by atoms with van der Waals surface area (Å²) in [7, 11) is 0. The summed E-state index contributed by atoms with van der Waals surface area (Å²) in [6.45, 7) is 1.66. The number of aromatic carboxylic acids is 1. The van der Waals surface area contributed by atoms with Crippen molar-refractivity contribution < 1.29 is 25.2 Å². The number of aliphatic hydroxyl groups excluding tert-OH is 3. The molecule has 136 valence electrons. The van der Waals surface area contributed by atoms with E-state index in [4.69, 9.17) is 0 Å². The quantitative estimate of drug-likeness (QED) is 0.395. The van der Waals surface area contributed by atoms with Gasteiger partial charge in [0.1, 0.15) is 11.5 Å². The van der Waals surface area contributed by atoms with Gasteiger partial charge in [-0.1, -0.05) is 19.1 Å². The van der Waals surface area contributed by atoms with Gasteiger partial charge in [-0.3, -0.25) is 0 Å². The summed E-state index contributed by atoms with van der Waals surface area (Å²) in [5, 5.41) is 41.4. The van der Waals surface area contributed by atoms with Crippen LogP contribution in [-0.2, 0) is 19.8 Å². The number of carboxylic acid groups (broad SMARTS) is 1. The van der Waals surface area contributed by atoms with Crippen LogP contribution in [0.1, 0.15) is 40.5 Å². The molecule has 6 N–H and O–H groups in total. The summed E-state index contributed by atoms with van der Waals surface area (Å²) >= 11 is 3.33. The first-order valence-corrected chi connectivity index (χ1v) is 8.64. The van der Waals surface area contributed by atoms with Crippen LogP contribution in [0.25, 0.3) is 11.1 Å². The van der Waals surface area contributed by atoms with Crippen LogP contribution >= 0.6 is 15.9 Å². The van der Waals surface area contributed by atoms with E-state index in [1.54, 1.807) is 12.1 Å². The first kappa shape index (κ1) is 19.5. The molecule has 0 atom stereocenters. The number of anilines is 1. The molecule has 0 saturated carbocycles. The fraction of sp³-hybridized carbons (Fsp3) is 0.353. The van der Waals surface area contributed by atoms with Gasteiger partial charge in [0, 0.05) is 12.1 Å². The molecule has 0 bridgehead atoms. The van der Waals surface area contributed by atoms with E-state index < -0.39 is 5.97 Å². The highest BCUT2D eigenvalue weighted by Crippen LogP contribution is 2.41. The van der Waals surface area contributed by atoms with Crippen LogP contribution in [0.2, 0.25) is 0 Å². The molecular weight excluding hydrogens is 392 g/mol. The molecule has 2 aromatic rings. The Morgan fingerprint density at radius 2 is 1.84 bits per heavy atom. The average Bonchev–Trinajstić information content (AvgIpc) is 2.94. The third-order valence-corrected chi connectivity index (χ3v) is 4.78. The van der Waals surface area contributed by atoms with Crippen LogP contribution < -0.4 is 5.32 Å². The average molecular weight is 413 g/mol. The minimum Gasteiger partial charge on any atom is -0.477 e. The largest absolute Gasteiger partial charge is 0.477 e. The number of H-pyrrole nitrogens is 1. The number of carboxylic acids is 1. The lowest BCUT2D eigenvalue weighted by Crippen LogP contribution is -2.05. The zero-order valence-corrected chi connectivity index (χ0v) is 15.4. The van der Waals surface area contributed by atoms with Gasteiger partial charge in [-0.05, 0) is 44.6 Å². The van der Waals surface area contributed by atoms with E-state index in [0.29, 0.717) is 44.7 Å². The minimum atomic E-state index is -1.11. The highest BCUT2D eigenvalue weighted by Gasteiger charge is 2.24. The fourth-order valence-corrected chi connectivity index (χ4v) is 3.44. The Morgan fingerprint density at radius 1 is 1.16 bits per heavy atom. The highest BCUT2D eigenvalue weighted by molar-refractivity contribution is 9.10. The van der Waals surface area contributed by atoms with E-state index in [2.05, 4.69) is 26.2 Å². The van der Waals surface area contributed by atoms with E-state index >= 15 is 0 Å². The molecule has 8 heteroatoms. The predicted octanol–water partition coefficient (Wildman–Crippen LogP) is 2.44. The number of hydrogen-bond acceptors (Lipinski definition) is 5. The molecule has 25 heavy (non-hydrogen) atoms. The molecule has 0 saturated heterocycles. The first-order valence-electron chi connectivity index (χ1n) is 7.85. The molecule has 0 radical (unpaired) electrons. The van der Waals surface area contributed by atoms with Crippen LogP contribution in [0.3, 0.4) is 0 Å². The maximum atomic E-state index is 11.5. The maximum Gasteiger partial charge on any atom is 0.353 e. The Kier molecular flexibility index (Phi) is 6.60. The molecule has 0 aliphatic carbocycles. The molecule has 0 amide bonds. The number of benzene rings is 1. The molecule has 0 aliphatic rings. The molecule has 1 aromatic carbocycles. The fourth-order valence-electron chi connectivity index (χ4n) is 2.76. The van der Waals surface area contributed by atoms with Crippen molar-refractivity contribution in [2.45, 2.75) is 33.2 Å². The molecule has 1 heterocycles. The Bertz CT molecular complexity index is 773. The summed E-state index contributed by atoms with van der Waals surface area (Å²) in [5.74, 6) is -0.598. The molecule has 0 aliphatic heterocycles. The summed E-state index contributed by atoms with van der Waals surface area (Å²) in [6, 6.07) is 3.36. The lowest BCUT2D eigenvalue weighted by Gasteiger charge is -2.16. The van der Waals surface area contributed by atoms with Gasteiger partial charge >= 0.3 is 5.97 Å². The summed E-state index contributed by atoms with van der Waals surface area (Å²) in [5.41, 5.74) is 2.55. The first-order chi connectivity index (χ1) is 12.0. The Labute approximate surface area is 153 Å². The van der Waals surface area contributed by atoms with Gasteiger partial charge in [0.2, 0.25) is 0 Å². The minimum absolute atomic E-state index is 0.00530. The smallest absolute Gasteiger partial charge is 0.353 e. The zero-order chi connectivity index (χ0) is 18.6. The van der Waals surface area contributed by atoms with Crippen LogP contribution in [0.15, 0.2) is 16.6 Å². The van der Waals surface area contributed by atoms with E-state index in [0.717, 1.165) is 6.42 Å². The Hall–Kier alpha value is -1.87. The van der Waals surface area contributed by atoms with Crippen molar-refractivity contribution in [3.05, 3.63) is 39.0 Å². The lowest BCUT2D eigenvalue weighted by atomic mass is 9.93. The van der Waals surface area contributed by atoms with Crippen LogP contribution in [0, 0.1) is 0 Å². The van der Waals surface area contributed by atoms with E-state index in [9.17, 15) is 25.2 Å². The number of hydrogen-bond donors (Lipinski definition) is 6. The van der Waals surface area contributed by atoms with E-state index in [-0.39, 0.29) is 25.5 Å². The third kappa shape index (κ3) is 3.72. The maximum absolute atomic E-state index is 11.5. The molecule has 0 spiro atoms. The van der Waals surface area contributed by atoms with E-state index in [1.165, 1.54) is 0 Å². The van der Waals surface area contributed by atoms with Crippen molar-refractivity contribution in [2.24, 2.45) is 0 Å². The van der Waals surface area contributed by atoms with Crippen molar-refractivity contribution in [3.63, 3.8) is 0 Å². The molecular formula is C17H21BrN2O5. The van der Waals surface area contributed by atoms with Crippen molar-refractivity contribution in [1.29, 1.82) is 0 Å². The number of aromatic nitrogens is 1. The number of halogens is 1. The summed E-state index contributed by atoms with van der Waals surface area (Å²) in [6.07, 6.45) is 0.844. The lowest BCUT2D eigenvalue weighted by molar-refractivity contribution is 0.0690. The molecule has 1 aromatic heterocycles. The number of aromatic amines is 1. The monoisotopic (exact) mass is 412 g/mol. The second-order valence-electron chi connectivity index (χ2n) is 5.50. The highest BCUT2D eigenvalue weighted by atomic mass is 79.9. The van der Waals surface area contributed by atoms with Gasteiger partial charge in [0.25, 0.3) is 0 Å². The summed E-state index contributed by atoms with van der Waals surface area (Å²) < 4.78 is 0.356. The molecule has 2 rings (SSSR count). The molecule has 7 nitrogen and oxygen atoms in total. The topological polar surface area (TPSA) is 126 Å². The predicted molar refractivity (Wildman–Crippen MR) is 97.4 cm³/mol. The van der Waals surface area contributed by atoms with Gasteiger partial charge in [0.05, 0.1) is 24.3 Å². The number of carbonyl (C=O) groups is 1. The van der Waals surface area contributed by atoms with Crippen LogP contribution in [-0.4, -0.2) is 37.9 Å². The van der Waals surface area contributed by atoms with Crippen LogP contribution in [0.5, 0.6) is 0 Å². The Balaban J connectivity index is 2.74. The standard InChI is InChI=1S/C17H21BrN2O5/c1-2-5-19-16-13(14(18)15(20-16)17(24)25)10-4-3-9(6-21)11(7-22)12(10)8-23/h3-4,19-23H,2,5-8H2,1H3,(H,24,25). The van der Waals surface area contributed by atoms with Crippen molar-refractivity contribution in [2.75, 3.05) is 11.9 Å².